The number of hydrogen-bond donors (Lipinski definition) is 0. The number of carbonyl (C=O) groups excluding carboxylic acids is 1. The van der Waals surface area contributed by atoms with Crippen LogP contribution in [-0.4, -0.2) is 12.4 Å². The van der Waals surface area contributed by atoms with Gasteiger partial charge in [-0.2, -0.15) is 0 Å². The summed E-state index contributed by atoms with van der Waals surface area (Å²) in [7, 11) is 0. The summed E-state index contributed by atoms with van der Waals surface area (Å²) in [4.78, 5) is 12.4. The van der Waals surface area contributed by atoms with Gasteiger partial charge < -0.3 is 9.47 Å². The van der Waals surface area contributed by atoms with Gasteiger partial charge in [-0.1, -0.05) is 30.3 Å². The van der Waals surface area contributed by atoms with Crippen molar-refractivity contribution in [3.63, 3.8) is 0 Å². The summed E-state index contributed by atoms with van der Waals surface area (Å²) >= 11 is 5.96. The predicted octanol–water partition coefficient (Wildman–Crippen LogP) is 4.91. The first-order valence-electron chi connectivity index (χ1n) is 7.14. The molecule has 0 atom stereocenters. The van der Waals surface area contributed by atoms with Crippen molar-refractivity contribution in [2.45, 2.75) is 6.92 Å². The third-order valence-corrected chi connectivity index (χ3v) is 3.51. The van der Waals surface area contributed by atoms with E-state index in [-0.39, 0.29) is 11.5 Å². The number of hydrogen-bond acceptors (Lipinski definition) is 3. The third kappa shape index (κ3) is 3.46. The van der Waals surface area contributed by atoms with Crippen LogP contribution in [0, 0.1) is 0 Å². The fraction of sp³-hybridized carbons (Fsp3) is 0.105. The van der Waals surface area contributed by atoms with Crippen LogP contribution in [0.25, 0.3) is 6.08 Å². The van der Waals surface area contributed by atoms with Gasteiger partial charge in [-0.3, -0.25) is 4.79 Å². The molecule has 116 valence electrons. The Morgan fingerprint density at radius 2 is 2.13 bits per heavy atom. The van der Waals surface area contributed by atoms with Gasteiger partial charge in [-0.25, -0.2) is 0 Å². The number of fused-ring (bicyclic) bond motifs is 1. The van der Waals surface area contributed by atoms with Gasteiger partial charge in [-0.05, 0) is 48.4 Å². The van der Waals surface area contributed by atoms with Crippen LogP contribution < -0.4 is 9.47 Å². The molecule has 4 heteroatoms. The highest BCUT2D eigenvalue weighted by Gasteiger charge is 2.27. The van der Waals surface area contributed by atoms with Crippen LogP contribution >= 0.6 is 11.6 Å². The van der Waals surface area contributed by atoms with Gasteiger partial charge in [0.05, 0.1) is 5.56 Å². The summed E-state index contributed by atoms with van der Waals surface area (Å²) in [5.74, 6) is 1.27. The molecule has 3 nitrogen and oxygen atoms in total. The molecule has 2 aromatic carbocycles. The predicted molar refractivity (Wildman–Crippen MR) is 91.1 cm³/mol. The normalized spacial score (nSPS) is 14.5. The van der Waals surface area contributed by atoms with Gasteiger partial charge >= 0.3 is 0 Å². The van der Waals surface area contributed by atoms with Crippen LogP contribution in [0.5, 0.6) is 11.5 Å². The molecule has 1 aliphatic rings. The van der Waals surface area contributed by atoms with E-state index in [0.29, 0.717) is 28.7 Å². The molecule has 0 spiro atoms. The van der Waals surface area contributed by atoms with Crippen molar-refractivity contribution in [2.75, 3.05) is 6.61 Å². The van der Waals surface area contributed by atoms with Crippen molar-refractivity contribution < 1.29 is 14.3 Å². The van der Waals surface area contributed by atoms with E-state index in [1.165, 1.54) is 0 Å². The Balaban J connectivity index is 1.85. The molecule has 0 fully saturated rings. The van der Waals surface area contributed by atoms with Crippen molar-refractivity contribution in [3.05, 3.63) is 76.5 Å². The van der Waals surface area contributed by atoms with Crippen molar-refractivity contribution in [1.29, 1.82) is 0 Å². The van der Waals surface area contributed by atoms with Gasteiger partial charge in [0.15, 0.2) is 5.76 Å². The second-order valence-corrected chi connectivity index (χ2v) is 5.83. The number of ketones is 1. The Labute approximate surface area is 139 Å². The smallest absolute Gasteiger partial charge is 0.231 e. The van der Waals surface area contributed by atoms with E-state index in [2.05, 4.69) is 6.58 Å². The summed E-state index contributed by atoms with van der Waals surface area (Å²) < 4.78 is 11.2. The summed E-state index contributed by atoms with van der Waals surface area (Å²) in [6, 6.07) is 12.4. The quantitative estimate of drug-likeness (QED) is 0.591. The SMILES string of the molecule is C=C(C)COc1ccc2c(c1)OC(=Cc1cccc(Cl)c1)C2=O. The molecular formula is C19H15ClO3. The Morgan fingerprint density at radius 3 is 2.87 bits per heavy atom. The maximum atomic E-state index is 12.4. The standard InChI is InChI=1S/C19H15ClO3/c1-12(2)11-22-15-6-7-16-17(10-15)23-18(19(16)21)9-13-4-3-5-14(20)8-13/h3-10H,1,11H2,2H3. The van der Waals surface area contributed by atoms with Crippen LogP contribution in [0.4, 0.5) is 0 Å². The highest BCUT2D eigenvalue weighted by atomic mass is 35.5. The van der Waals surface area contributed by atoms with E-state index in [1.54, 1.807) is 36.4 Å². The molecule has 2 aromatic rings. The molecule has 0 bridgehead atoms. The highest BCUT2D eigenvalue weighted by Crippen LogP contribution is 2.35. The van der Waals surface area contributed by atoms with Crippen LogP contribution in [0.2, 0.25) is 5.02 Å². The number of carbonyl (C=O) groups is 1. The minimum Gasteiger partial charge on any atom is -0.489 e. The first-order chi connectivity index (χ1) is 11.0. The number of rotatable bonds is 4. The Hall–Kier alpha value is -2.52. The second-order valence-electron chi connectivity index (χ2n) is 5.40. The lowest BCUT2D eigenvalue weighted by Crippen LogP contribution is -1.98. The van der Waals surface area contributed by atoms with Crippen molar-refractivity contribution in [1.82, 2.24) is 0 Å². The van der Waals surface area contributed by atoms with E-state index in [0.717, 1.165) is 11.1 Å². The van der Waals surface area contributed by atoms with Gasteiger partial charge in [0.25, 0.3) is 0 Å². The Morgan fingerprint density at radius 1 is 1.30 bits per heavy atom. The monoisotopic (exact) mass is 326 g/mol. The maximum absolute atomic E-state index is 12.4. The van der Waals surface area contributed by atoms with Gasteiger partial charge in [0, 0.05) is 11.1 Å². The highest BCUT2D eigenvalue weighted by molar-refractivity contribution is 6.30. The fourth-order valence-corrected chi connectivity index (χ4v) is 2.41. The number of allylic oxidation sites excluding steroid dienone is 1. The molecule has 0 aliphatic carbocycles. The van der Waals surface area contributed by atoms with E-state index < -0.39 is 0 Å². The van der Waals surface area contributed by atoms with Crippen LogP contribution in [-0.2, 0) is 0 Å². The summed E-state index contributed by atoms with van der Waals surface area (Å²) in [5.41, 5.74) is 2.26. The van der Waals surface area contributed by atoms with E-state index in [1.807, 2.05) is 19.1 Å². The van der Waals surface area contributed by atoms with Crippen molar-refractivity contribution >= 4 is 23.5 Å². The number of ether oxygens (including phenoxy) is 2. The zero-order chi connectivity index (χ0) is 16.4. The zero-order valence-electron chi connectivity index (χ0n) is 12.6. The van der Waals surface area contributed by atoms with E-state index in [9.17, 15) is 4.79 Å². The molecule has 0 radical (unpaired) electrons. The minimum atomic E-state index is -0.147. The topological polar surface area (TPSA) is 35.5 Å². The number of benzene rings is 2. The first-order valence-corrected chi connectivity index (χ1v) is 7.52. The maximum Gasteiger partial charge on any atom is 0.231 e. The molecule has 3 rings (SSSR count). The molecule has 0 saturated heterocycles. The van der Waals surface area contributed by atoms with Gasteiger partial charge in [0.2, 0.25) is 5.78 Å². The van der Waals surface area contributed by atoms with Crippen LogP contribution in [0.15, 0.2) is 60.4 Å². The number of halogens is 1. The molecule has 23 heavy (non-hydrogen) atoms. The molecule has 1 aliphatic heterocycles. The summed E-state index contributed by atoms with van der Waals surface area (Å²) in [6.45, 7) is 6.11. The average molecular weight is 327 g/mol. The van der Waals surface area contributed by atoms with Gasteiger partial charge in [0.1, 0.15) is 18.1 Å². The van der Waals surface area contributed by atoms with E-state index in [4.69, 9.17) is 21.1 Å². The molecule has 0 amide bonds. The van der Waals surface area contributed by atoms with Crippen LogP contribution in [0.1, 0.15) is 22.8 Å². The number of Topliss-reactive ketones (excluding diaryl/α,β-unsaturated/α-hetero) is 1. The summed E-state index contributed by atoms with van der Waals surface area (Å²) in [6.07, 6.45) is 1.68. The average Bonchev–Trinajstić information content (AvgIpc) is 2.81. The zero-order valence-corrected chi connectivity index (χ0v) is 13.4. The molecular weight excluding hydrogens is 312 g/mol. The molecule has 0 unspecified atom stereocenters. The minimum absolute atomic E-state index is 0.147. The summed E-state index contributed by atoms with van der Waals surface area (Å²) in [5, 5.41) is 0.609. The molecule has 0 N–H and O–H groups in total. The molecule has 0 aromatic heterocycles. The largest absolute Gasteiger partial charge is 0.489 e. The fourth-order valence-electron chi connectivity index (χ4n) is 2.21. The van der Waals surface area contributed by atoms with Crippen molar-refractivity contribution in [3.8, 4) is 11.5 Å². The third-order valence-electron chi connectivity index (χ3n) is 3.27. The van der Waals surface area contributed by atoms with Crippen molar-refractivity contribution in [2.24, 2.45) is 0 Å². The lowest BCUT2D eigenvalue weighted by molar-refractivity contribution is 0.101. The lowest BCUT2D eigenvalue weighted by atomic mass is 10.1. The Bertz CT molecular complexity index is 821. The molecule has 0 saturated carbocycles. The van der Waals surface area contributed by atoms with Gasteiger partial charge in [-0.15, -0.1) is 0 Å². The molecule has 1 heterocycles. The lowest BCUT2D eigenvalue weighted by Gasteiger charge is -2.06. The Kier molecular flexibility index (Phi) is 4.22. The van der Waals surface area contributed by atoms with Crippen LogP contribution in [0.3, 0.4) is 0 Å². The second kappa shape index (κ2) is 6.31. The van der Waals surface area contributed by atoms with E-state index >= 15 is 0 Å². The first kappa shape index (κ1) is 15.4.